The molecule has 0 bridgehead atoms. The first-order valence-corrected chi connectivity index (χ1v) is 5.28. The molecule has 2 nitrogen and oxygen atoms in total. The van der Waals surface area contributed by atoms with Gasteiger partial charge in [-0.25, -0.2) is 4.39 Å². The van der Waals surface area contributed by atoms with E-state index in [4.69, 9.17) is 0 Å². The number of benzene rings is 1. The van der Waals surface area contributed by atoms with Gasteiger partial charge in [-0.2, -0.15) is 0 Å². The molecule has 0 fully saturated rings. The van der Waals surface area contributed by atoms with Crippen molar-refractivity contribution in [1.29, 1.82) is 0 Å². The smallest absolute Gasteiger partial charge is 0.142 e. The number of hydrogen-bond acceptors (Lipinski definition) is 2. The Morgan fingerprint density at radius 2 is 2.36 bits per heavy atom. The Hall–Kier alpha value is -0.610. The van der Waals surface area contributed by atoms with Gasteiger partial charge in [-0.1, -0.05) is 0 Å². The highest BCUT2D eigenvalue weighted by Gasteiger charge is 2.20. The first-order valence-electron chi connectivity index (χ1n) is 4.49. The van der Waals surface area contributed by atoms with Crippen LogP contribution in [0.1, 0.15) is 11.1 Å². The van der Waals surface area contributed by atoms with Gasteiger partial charge < -0.3 is 10.4 Å². The molecule has 14 heavy (non-hydrogen) atoms. The van der Waals surface area contributed by atoms with Crippen LogP contribution >= 0.6 is 15.9 Å². The fourth-order valence-corrected chi connectivity index (χ4v) is 2.34. The van der Waals surface area contributed by atoms with Gasteiger partial charge in [-0.05, 0) is 34.5 Å². The standard InChI is InChI=1S/C10H11BrFNO/c1-5-9(12)8(11)3-6-2-7(14)4-13-10(5)6/h3,7,13-14H,2,4H2,1H3. The Labute approximate surface area is 90.3 Å². The molecular formula is C10H11BrFNO. The fraction of sp³-hybridized carbons (Fsp3) is 0.400. The Bertz CT molecular complexity index is 381. The minimum Gasteiger partial charge on any atom is -0.391 e. The van der Waals surface area contributed by atoms with E-state index in [0.717, 1.165) is 11.3 Å². The van der Waals surface area contributed by atoms with E-state index < -0.39 is 0 Å². The molecule has 1 aliphatic rings. The molecule has 0 saturated heterocycles. The summed E-state index contributed by atoms with van der Waals surface area (Å²) in [6.07, 6.45) is 0.210. The lowest BCUT2D eigenvalue weighted by atomic mass is 9.98. The molecule has 2 N–H and O–H groups in total. The Balaban J connectivity index is 2.54. The first kappa shape index (κ1) is 9.93. The van der Waals surface area contributed by atoms with Crippen LogP contribution in [0.2, 0.25) is 0 Å². The summed E-state index contributed by atoms with van der Waals surface area (Å²) in [7, 11) is 0. The number of hydrogen-bond donors (Lipinski definition) is 2. The molecule has 4 heteroatoms. The highest BCUT2D eigenvalue weighted by atomic mass is 79.9. The number of fused-ring (bicyclic) bond motifs is 1. The zero-order valence-corrected chi connectivity index (χ0v) is 9.36. The molecule has 0 saturated carbocycles. The van der Waals surface area contributed by atoms with Gasteiger partial charge in [-0.3, -0.25) is 0 Å². The summed E-state index contributed by atoms with van der Waals surface area (Å²) in [6.45, 7) is 2.23. The van der Waals surface area contributed by atoms with Gasteiger partial charge in [0.1, 0.15) is 5.82 Å². The van der Waals surface area contributed by atoms with Crippen molar-refractivity contribution in [3.05, 3.63) is 27.5 Å². The van der Waals surface area contributed by atoms with E-state index in [-0.39, 0.29) is 11.9 Å². The van der Waals surface area contributed by atoms with E-state index in [9.17, 15) is 9.50 Å². The van der Waals surface area contributed by atoms with Crippen molar-refractivity contribution in [2.24, 2.45) is 0 Å². The molecule has 1 atom stereocenters. The minimum atomic E-state index is -0.376. The summed E-state index contributed by atoms with van der Waals surface area (Å²) < 4.78 is 13.9. The summed E-state index contributed by atoms with van der Waals surface area (Å²) in [5, 5.41) is 12.5. The molecule has 0 spiro atoms. The van der Waals surface area contributed by atoms with Gasteiger partial charge in [0.25, 0.3) is 0 Å². The summed E-state index contributed by atoms with van der Waals surface area (Å²) in [4.78, 5) is 0. The number of anilines is 1. The van der Waals surface area contributed by atoms with Crippen LogP contribution in [-0.2, 0) is 6.42 Å². The summed E-state index contributed by atoms with van der Waals surface area (Å²) in [5.74, 6) is -0.229. The largest absolute Gasteiger partial charge is 0.391 e. The zero-order chi connectivity index (χ0) is 10.3. The van der Waals surface area contributed by atoms with Crippen molar-refractivity contribution in [2.45, 2.75) is 19.4 Å². The van der Waals surface area contributed by atoms with Gasteiger partial charge in [0.15, 0.2) is 0 Å². The predicted octanol–water partition coefficient (Wildman–Crippen LogP) is 2.23. The normalized spacial score (nSPS) is 20.1. The van der Waals surface area contributed by atoms with Gasteiger partial charge in [-0.15, -0.1) is 0 Å². The molecule has 0 aliphatic carbocycles. The number of aliphatic hydroxyl groups is 1. The van der Waals surface area contributed by atoms with Crippen LogP contribution in [0, 0.1) is 12.7 Å². The lowest BCUT2D eigenvalue weighted by molar-refractivity contribution is 0.184. The summed E-state index contributed by atoms with van der Waals surface area (Å²) >= 11 is 3.16. The molecule has 1 aromatic carbocycles. The van der Waals surface area contributed by atoms with Crippen molar-refractivity contribution >= 4 is 21.6 Å². The van der Waals surface area contributed by atoms with Crippen LogP contribution in [0.3, 0.4) is 0 Å². The average Bonchev–Trinajstić information content (AvgIpc) is 2.14. The molecule has 0 aromatic heterocycles. The highest BCUT2D eigenvalue weighted by molar-refractivity contribution is 9.10. The van der Waals surface area contributed by atoms with Gasteiger partial charge >= 0.3 is 0 Å². The topological polar surface area (TPSA) is 32.3 Å². The third-order valence-electron chi connectivity index (χ3n) is 2.51. The lowest BCUT2D eigenvalue weighted by Gasteiger charge is -2.24. The van der Waals surface area contributed by atoms with Crippen molar-refractivity contribution in [2.75, 3.05) is 11.9 Å². The number of rotatable bonds is 0. The number of β-amino-alcohol motifs (C(OH)–C–C–N with tert-alkyl or cyclic N) is 1. The van der Waals surface area contributed by atoms with Crippen LogP contribution in [0.15, 0.2) is 10.5 Å². The van der Waals surface area contributed by atoms with Crippen LogP contribution < -0.4 is 5.32 Å². The SMILES string of the molecule is Cc1c(F)c(Br)cc2c1NCC(O)C2. The quantitative estimate of drug-likeness (QED) is 0.749. The Morgan fingerprint density at radius 1 is 1.64 bits per heavy atom. The number of aliphatic hydroxyl groups excluding tert-OH is 1. The summed E-state index contributed by atoms with van der Waals surface area (Å²) in [5.41, 5.74) is 2.41. The van der Waals surface area contributed by atoms with Gasteiger partial charge in [0.05, 0.1) is 10.6 Å². The maximum atomic E-state index is 13.5. The zero-order valence-electron chi connectivity index (χ0n) is 7.77. The molecule has 0 amide bonds. The molecule has 2 rings (SSSR count). The first-order chi connectivity index (χ1) is 6.59. The van der Waals surface area contributed by atoms with Crippen molar-refractivity contribution in [3.63, 3.8) is 0 Å². The third kappa shape index (κ3) is 1.53. The minimum absolute atomic E-state index is 0.229. The second kappa shape index (κ2) is 3.51. The number of nitrogens with one attached hydrogen (secondary N) is 1. The van der Waals surface area contributed by atoms with Crippen molar-refractivity contribution < 1.29 is 9.50 Å². The maximum Gasteiger partial charge on any atom is 0.142 e. The maximum absolute atomic E-state index is 13.5. The summed E-state index contributed by atoms with van der Waals surface area (Å²) in [6, 6.07) is 1.73. The lowest BCUT2D eigenvalue weighted by Crippen LogP contribution is -2.28. The van der Waals surface area contributed by atoms with Crippen LogP contribution in [0.4, 0.5) is 10.1 Å². The van der Waals surface area contributed by atoms with Gasteiger partial charge in [0, 0.05) is 24.2 Å². The second-order valence-electron chi connectivity index (χ2n) is 3.57. The van der Waals surface area contributed by atoms with Crippen LogP contribution in [-0.4, -0.2) is 17.8 Å². The second-order valence-corrected chi connectivity index (χ2v) is 4.42. The van der Waals surface area contributed by atoms with E-state index in [1.54, 1.807) is 13.0 Å². The number of halogens is 2. The highest BCUT2D eigenvalue weighted by Crippen LogP contribution is 2.32. The fourth-order valence-electron chi connectivity index (χ4n) is 1.77. The van der Waals surface area contributed by atoms with Gasteiger partial charge in [0.2, 0.25) is 0 Å². The molecule has 1 unspecified atom stereocenters. The molecule has 1 aliphatic heterocycles. The van der Waals surface area contributed by atoms with E-state index in [2.05, 4.69) is 21.2 Å². The third-order valence-corrected chi connectivity index (χ3v) is 3.08. The van der Waals surface area contributed by atoms with E-state index in [1.165, 1.54) is 0 Å². The average molecular weight is 260 g/mol. The monoisotopic (exact) mass is 259 g/mol. The Morgan fingerprint density at radius 3 is 3.07 bits per heavy atom. The van der Waals surface area contributed by atoms with Crippen molar-refractivity contribution in [1.82, 2.24) is 0 Å². The molecule has 1 heterocycles. The van der Waals surface area contributed by atoms with Crippen LogP contribution in [0.25, 0.3) is 0 Å². The van der Waals surface area contributed by atoms with E-state index in [0.29, 0.717) is 23.0 Å². The predicted molar refractivity (Wildman–Crippen MR) is 57.0 cm³/mol. The van der Waals surface area contributed by atoms with Crippen LogP contribution in [0.5, 0.6) is 0 Å². The molecular weight excluding hydrogens is 249 g/mol. The Kier molecular flexibility index (Phi) is 2.49. The van der Waals surface area contributed by atoms with E-state index in [1.807, 2.05) is 0 Å². The molecule has 0 radical (unpaired) electrons. The van der Waals surface area contributed by atoms with Crippen molar-refractivity contribution in [3.8, 4) is 0 Å². The van der Waals surface area contributed by atoms with E-state index >= 15 is 0 Å². The molecule has 1 aromatic rings. The molecule has 76 valence electrons.